The van der Waals surface area contributed by atoms with Crippen molar-refractivity contribution in [3.63, 3.8) is 0 Å². The fourth-order valence-electron chi connectivity index (χ4n) is 1.44. The van der Waals surface area contributed by atoms with Crippen LogP contribution in [-0.4, -0.2) is 17.3 Å². The summed E-state index contributed by atoms with van der Waals surface area (Å²) in [7, 11) is 0. The van der Waals surface area contributed by atoms with Crippen molar-refractivity contribution in [1.82, 2.24) is 4.98 Å². The minimum absolute atomic E-state index is 0.475. The molecule has 0 aliphatic carbocycles. The van der Waals surface area contributed by atoms with Gasteiger partial charge in [-0.2, -0.15) is 5.26 Å². The molecule has 20 heavy (non-hydrogen) atoms. The molecule has 2 rings (SSSR count). The molecule has 2 aromatic rings. The predicted octanol–water partition coefficient (Wildman–Crippen LogP) is 4.43. The Kier molecular flexibility index (Phi) is 5.54. The van der Waals surface area contributed by atoms with Crippen LogP contribution < -0.4 is 4.74 Å². The summed E-state index contributed by atoms with van der Waals surface area (Å²) in [5.41, 5.74) is 0.598. The van der Waals surface area contributed by atoms with Crippen LogP contribution in [0.2, 0.25) is 10.0 Å². The van der Waals surface area contributed by atoms with E-state index in [0.717, 1.165) is 5.03 Å². The van der Waals surface area contributed by atoms with Gasteiger partial charge in [0.1, 0.15) is 5.75 Å². The Labute approximate surface area is 131 Å². The molecule has 102 valence electrons. The highest BCUT2D eigenvalue weighted by molar-refractivity contribution is 7.99. The molecular weight excluding hydrogens is 315 g/mol. The number of rotatable bonds is 5. The summed E-state index contributed by atoms with van der Waals surface area (Å²) >= 11 is 13.4. The van der Waals surface area contributed by atoms with Crippen LogP contribution in [0, 0.1) is 11.3 Å². The predicted molar refractivity (Wildman–Crippen MR) is 81.6 cm³/mol. The van der Waals surface area contributed by atoms with Crippen molar-refractivity contribution in [3.8, 4) is 11.8 Å². The Morgan fingerprint density at radius 1 is 1.25 bits per heavy atom. The van der Waals surface area contributed by atoms with Gasteiger partial charge in [0.15, 0.2) is 0 Å². The maximum Gasteiger partial charge on any atom is 0.139 e. The standard InChI is InChI=1S/C14H10Cl2N2OS/c15-11-1-2-12(16)13(8-11)19-5-6-20-14-7-10(9-17)3-4-18-14/h1-4,7-8H,5-6H2. The van der Waals surface area contributed by atoms with E-state index in [-0.39, 0.29) is 0 Å². The lowest BCUT2D eigenvalue weighted by molar-refractivity contribution is 0.344. The van der Waals surface area contributed by atoms with Crippen molar-refractivity contribution in [3.05, 3.63) is 52.1 Å². The zero-order chi connectivity index (χ0) is 14.4. The van der Waals surface area contributed by atoms with Gasteiger partial charge in [-0.15, -0.1) is 11.8 Å². The average molecular weight is 325 g/mol. The van der Waals surface area contributed by atoms with Crippen LogP contribution >= 0.6 is 35.0 Å². The van der Waals surface area contributed by atoms with Gasteiger partial charge in [-0.25, -0.2) is 4.98 Å². The molecule has 0 atom stereocenters. The van der Waals surface area contributed by atoms with Crippen LogP contribution in [0.3, 0.4) is 0 Å². The first kappa shape index (κ1) is 15.0. The summed E-state index contributed by atoms with van der Waals surface area (Å²) in [5, 5.41) is 10.7. The van der Waals surface area contributed by atoms with Crippen molar-refractivity contribution in [2.75, 3.05) is 12.4 Å². The van der Waals surface area contributed by atoms with E-state index in [1.165, 1.54) is 11.8 Å². The number of aromatic nitrogens is 1. The van der Waals surface area contributed by atoms with Gasteiger partial charge < -0.3 is 4.74 Å². The number of pyridine rings is 1. The smallest absolute Gasteiger partial charge is 0.139 e. The van der Waals surface area contributed by atoms with Crippen LogP contribution in [-0.2, 0) is 0 Å². The molecule has 0 saturated heterocycles. The van der Waals surface area contributed by atoms with Crippen LogP contribution in [0.15, 0.2) is 41.6 Å². The largest absolute Gasteiger partial charge is 0.491 e. The molecule has 1 heterocycles. The highest BCUT2D eigenvalue weighted by atomic mass is 35.5. The second-order valence-electron chi connectivity index (χ2n) is 3.77. The number of benzene rings is 1. The maximum absolute atomic E-state index is 8.80. The van der Waals surface area contributed by atoms with Gasteiger partial charge in [-0.3, -0.25) is 0 Å². The van der Waals surface area contributed by atoms with Gasteiger partial charge in [-0.1, -0.05) is 23.2 Å². The fraction of sp³-hybridized carbons (Fsp3) is 0.143. The summed E-state index contributed by atoms with van der Waals surface area (Å²) in [5.74, 6) is 1.27. The number of nitrogens with zero attached hydrogens (tertiary/aromatic N) is 2. The van der Waals surface area contributed by atoms with Crippen molar-refractivity contribution in [1.29, 1.82) is 5.26 Å². The highest BCUT2D eigenvalue weighted by Gasteiger charge is 2.03. The second-order valence-corrected chi connectivity index (χ2v) is 5.73. The Morgan fingerprint density at radius 3 is 2.90 bits per heavy atom. The number of hydrogen-bond donors (Lipinski definition) is 0. The van der Waals surface area contributed by atoms with Crippen molar-refractivity contribution in [2.24, 2.45) is 0 Å². The summed E-state index contributed by atoms with van der Waals surface area (Å²) in [6.45, 7) is 0.475. The molecule has 0 N–H and O–H groups in total. The van der Waals surface area contributed by atoms with E-state index in [1.807, 2.05) is 0 Å². The van der Waals surface area contributed by atoms with Gasteiger partial charge in [0.25, 0.3) is 0 Å². The third kappa shape index (κ3) is 4.31. The molecule has 0 bridgehead atoms. The molecule has 0 aliphatic rings. The minimum atomic E-state index is 0.475. The monoisotopic (exact) mass is 324 g/mol. The normalized spacial score (nSPS) is 10.1. The molecule has 3 nitrogen and oxygen atoms in total. The number of nitriles is 1. The van der Waals surface area contributed by atoms with E-state index in [2.05, 4.69) is 11.1 Å². The highest BCUT2D eigenvalue weighted by Crippen LogP contribution is 2.28. The zero-order valence-corrected chi connectivity index (χ0v) is 12.7. The molecule has 0 aliphatic heterocycles. The molecule has 0 spiro atoms. The lowest BCUT2D eigenvalue weighted by atomic mass is 10.3. The van der Waals surface area contributed by atoms with Crippen LogP contribution in [0.1, 0.15) is 5.56 Å². The molecule has 0 unspecified atom stereocenters. The first-order valence-corrected chi connectivity index (χ1v) is 7.50. The number of hydrogen-bond acceptors (Lipinski definition) is 4. The Hall–Kier alpha value is -1.41. The van der Waals surface area contributed by atoms with E-state index in [0.29, 0.717) is 33.7 Å². The minimum Gasteiger partial charge on any atom is -0.491 e. The van der Waals surface area contributed by atoms with Crippen molar-refractivity contribution in [2.45, 2.75) is 5.03 Å². The van der Waals surface area contributed by atoms with Gasteiger partial charge in [0.05, 0.1) is 28.3 Å². The third-order valence-corrected chi connectivity index (χ3v) is 3.79. The van der Waals surface area contributed by atoms with Crippen molar-refractivity contribution < 1.29 is 4.74 Å². The molecule has 0 saturated carbocycles. The van der Waals surface area contributed by atoms with Gasteiger partial charge >= 0.3 is 0 Å². The van der Waals surface area contributed by atoms with E-state index in [1.54, 1.807) is 36.5 Å². The third-order valence-electron chi connectivity index (χ3n) is 2.35. The van der Waals surface area contributed by atoms with Gasteiger partial charge in [0, 0.05) is 23.0 Å². The van der Waals surface area contributed by atoms with Gasteiger partial charge in [0.2, 0.25) is 0 Å². The van der Waals surface area contributed by atoms with E-state index < -0.39 is 0 Å². The molecule has 1 aromatic carbocycles. The van der Waals surface area contributed by atoms with Gasteiger partial charge in [-0.05, 0) is 24.3 Å². The van der Waals surface area contributed by atoms with E-state index in [9.17, 15) is 0 Å². The molecule has 0 fully saturated rings. The van der Waals surface area contributed by atoms with E-state index >= 15 is 0 Å². The van der Waals surface area contributed by atoms with Crippen LogP contribution in [0.25, 0.3) is 0 Å². The van der Waals surface area contributed by atoms with Crippen molar-refractivity contribution >= 4 is 35.0 Å². The first-order chi connectivity index (χ1) is 9.69. The summed E-state index contributed by atoms with van der Waals surface area (Å²) in [4.78, 5) is 4.17. The molecule has 6 heteroatoms. The average Bonchev–Trinajstić information content (AvgIpc) is 2.47. The maximum atomic E-state index is 8.80. The van der Waals surface area contributed by atoms with Crippen LogP contribution in [0.5, 0.6) is 5.75 Å². The fourth-order valence-corrected chi connectivity index (χ4v) is 2.50. The second kappa shape index (κ2) is 7.39. The molecular formula is C14H10Cl2N2OS. The molecule has 0 radical (unpaired) electrons. The summed E-state index contributed by atoms with van der Waals surface area (Å²) in [6.07, 6.45) is 1.62. The molecule has 1 aromatic heterocycles. The summed E-state index contributed by atoms with van der Waals surface area (Å²) < 4.78 is 5.57. The SMILES string of the molecule is N#Cc1ccnc(SCCOc2cc(Cl)ccc2Cl)c1. The molecule has 0 amide bonds. The lowest BCUT2D eigenvalue weighted by Gasteiger charge is -2.08. The topological polar surface area (TPSA) is 45.9 Å². The Bertz CT molecular complexity index is 643. The first-order valence-electron chi connectivity index (χ1n) is 5.76. The Morgan fingerprint density at radius 2 is 2.10 bits per heavy atom. The number of ether oxygens (including phenoxy) is 1. The van der Waals surface area contributed by atoms with E-state index in [4.69, 9.17) is 33.2 Å². The lowest BCUT2D eigenvalue weighted by Crippen LogP contribution is -2.01. The number of halogens is 2. The zero-order valence-electron chi connectivity index (χ0n) is 10.3. The quantitative estimate of drug-likeness (QED) is 0.602. The Balaban J connectivity index is 1.84. The summed E-state index contributed by atoms with van der Waals surface area (Å²) in [6, 6.07) is 10.6. The number of thioether (sulfide) groups is 1. The van der Waals surface area contributed by atoms with Crippen LogP contribution in [0.4, 0.5) is 0 Å².